The molecule has 0 aromatic carbocycles. The first-order valence-corrected chi connectivity index (χ1v) is 8.66. The predicted octanol–water partition coefficient (Wildman–Crippen LogP) is 2.95. The molecule has 0 atom stereocenters. The van der Waals surface area contributed by atoms with Crippen LogP contribution in [0.2, 0.25) is 5.15 Å². The molecule has 0 radical (unpaired) electrons. The van der Waals surface area contributed by atoms with Gasteiger partial charge in [0.15, 0.2) is 5.15 Å². The summed E-state index contributed by atoms with van der Waals surface area (Å²) in [4.78, 5) is 14.4. The fraction of sp³-hybridized carbons (Fsp3) is 0.625. The number of carbonyl (C=O) groups is 1. The zero-order valence-electron chi connectivity index (χ0n) is 14.6. The Balaban J connectivity index is 1.96. The van der Waals surface area contributed by atoms with Crippen molar-refractivity contribution < 1.29 is 14.3 Å². The minimum absolute atomic E-state index is 0.253. The highest BCUT2D eigenvalue weighted by Crippen LogP contribution is 2.27. The molecule has 1 aliphatic rings. The lowest BCUT2D eigenvalue weighted by Gasteiger charge is -2.31. The van der Waals surface area contributed by atoms with Gasteiger partial charge in [0, 0.05) is 25.8 Å². The van der Waals surface area contributed by atoms with Gasteiger partial charge in [-0.15, -0.1) is 10.2 Å². The fourth-order valence-corrected chi connectivity index (χ4v) is 2.94. The van der Waals surface area contributed by atoms with Crippen molar-refractivity contribution in [2.24, 2.45) is 5.92 Å². The van der Waals surface area contributed by atoms with Gasteiger partial charge < -0.3 is 9.47 Å². The number of carbonyl (C=O) groups excluding carboxylic acids is 1. The summed E-state index contributed by atoms with van der Waals surface area (Å²) in [6.07, 6.45) is 2.79. The molecule has 0 aliphatic carbocycles. The van der Waals surface area contributed by atoms with Crippen LogP contribution in [0.1, 0.15) is 33.6 Å². The minimum atomic E-state index is -0.605. The van der Waals surface area contributed by atoms with Crippen LogP contribution < -0.4 is 4.90 Å². The molecule has 2 aromatic heterocycles. The maximum absolute atomic E-state index is 12.9. The van der Waals surface area contributed by atoms with Crippen molar-refractivity contribution in [2.75, 3.05) is 24.7 Å². The standard InChI is InChI=1S/C16H22ClN5O3/c1-16(2,3)25-15(23)21(9-11-4-6-24-7-5-11)12-8-13(17)20-22-10-18-19-14(12)22/h8,10-11H,4-7,9H2,1-3H3. The average Bonchev–Trinajstić information content (AvgIpc) is 2.99. The molecule has 3 rings (SSSR count). The van der Waals surface area contributed by atoms with Crippen molar-refractivity contribution in [1.82, 2.24) is 19.8 Å². The summed E-state index contributed by atoms with van der Waals surface area (Å²) in [6.45, 7) is 7.41. The van der Waals surface area contributed by atoms with E-state index in [1.165, 1.54) is 10.8 Å². The van der Waals surface area contributed by atoms with Crippen LogP contribution in [0.25, 0.3) is 5.65 Å². The first-order valence-electron chi connectivity index (χ1n) is 8.28. The lowest BCUT2D eigenvalue weighted by atomic mass is 9.99. The van der Waals surface area contributed by atoms with Gasteiger partial charge in [-0.2, -0.15) is 9.61 Å². The summed E-state index contributed by atoms with van der Waals surface area (Å²) in [7, 11) is 0. The Hall–Kier alpha value is -1.93. The van der Waals surface area contributed by atoms with Crippen molar-refractivity contribution in [1.29, 1.82) is 0 Å². The molecular weight excluding hydrogens is 346 g/mol. The third kappa shape index (κ3) is 4.38. The second-order valence-corrected chi connectivity index (χ2v) is 7.49. The molecule has 136 valence electrons. The molecule has 0 bridgehead atoms. The van der Waals surface area contributed by atoms with Gasteiger partial charge in [0.1, 0.15) is 11.9 Å². The molecule has 0 saturated carbocycles. The third-order valence-electron chi connectivity index (χ3n) is 3.90. The maximum Gasteiger partial charge on any atom is 0.414 e. The Morgan fingerprint density at radius 2 is 2.16 bits per heavy atom. The van der Waals surface area contributed by atoms with E-state index in [4.69, 9.17) is 21.1 Å². The SMILES string of the molecule is CC(C)(C)OC(=O)N(CC1CCOCC1)c1cc(Cl)nn2cnnc12. The van der Waals surface area contributed by atoms with E-state index in [1.807, 2.05) is 20.8 Å². The Morgan fingerprint density at radius 1 is 1.44 bits per heavy atom. The van der Waals surface area contributed by atoms with E-state index in [-0.39, 0.29) is 5.15 Å². The largest absolute Gasteiger partial charge is 0.443 e. The monoisotopic (exact) mass is 367 g/mol. The Bertz CT molecular complexity index is 752. The van der Waals surface area contributed by atoms with Crippen molar-refractivity contribution in [3.63, 3.8) is 0 Å². The quantitative estimate of drug-likeness (QED) is 0.829. The van der Waals surface area contributed by atoms with Crippen LogP contribution in [0.5, 0.6) is 0 Å². The number of ether oxygens (including phenoxy) is 2. The molecule has 25 heavy (non-hydrogen) atoms. The number of nitrogens with zero attached hydrogens (tertiary/aromatic N) is 5. The number of halogens is 1. The zero-order valence-corrected chi connectivity index (χ0v) is 15.4. The predicted molar refractivity (Wildman–Crippen MR) is 92.9 cm³/mol. The summed E-state index contributed by atoms with van der Waals surface area (Å²) in [5.74, 6) is 0.316. The maximum atomic E-state index is 12.9. The van der Waals surface area contributed by atoms with Crippen LogP contribution in [-0.2, 0) is 9.47 Å². The van der Waals surface area contributed by atoms with Crippen LogP contribution in [-0.4, -0.2) is 51.3 Å². The summed E-state index contributed by atoms with van der Waals surface area (Å²) in [5, 5.41) is 12.3. The van der Waals surface area contributed by atoms with Gasteiger partial charge in [-0.05, 0) is 39.5 Å². The number of rotatable bonds is 3. The van der Waals surface area contributed by atoms with Crippen molar-refractivity contribution >= 4 is 29.0 Å². The molecule has 1 aliphatic heterocycles. The highest BCUT2D eigenvalue weighted by atomic mass is 35.5. The van der Waals surface area contributed by atoms with Crippen LogP contribution in [0.15, 0.2) is 12.4 Å². The van der Waals surface area contributed by atoms with Crippen LogP contribution >= 0.6 is 11.6 Å². The summed E-state index contributed by atoms with van der Waals surface area (Å²) < 4.78 is 12.5. The topological polar surface area (TPSA) is 81.8 Å². The van der Waals surface area contributed by atoms with E-state index in [9.17, 15) is 4.79 Å². The molecular formula is C16H22ClN5O3. The second kappa shape index (κ2) is 7.13. The Kier molecular flexibility index (Phi) is 5.10. The van der Waals surface area contributed by atoms with Crippen LogP contribution in [0, 0.1) is 5.92 Å². The zero-order chi connectivity index (χ0) is 18.0. The fourth-order valence-electron chi connectivity index (χ4n) is 2.75. The molecule has 0 N–H and O–H groups in total. The lowest BCUT2D eigenvalue weighted by molar-refractivity contribution is 0.0515. The van der Waals surface area contributed by atoms with Crippen molar-refractivity contribution in [2.45, 2.75) is 39.2 Å². The number of anilines is 1. The van der Waals surface area contributed by atoms with E-state index in [2.05, 4.69) is 15.3 Å². The van der Waals surface area contributed by atoms with Gasteiger partial charge in [0.05, 0.1) is 5.69 Å². The molecule has 3 heterocycles. The van der Waals surface area contributed by atoms with Gasteiger partial charge >= 0.3 is 6.09 Å². The molecule has 1 amide bonds. The summed E-state index contributed by atoms with van der Waals surface area (Å²) in [5.41, 5.74) is 0.395. The van der Waals surface area contributed by atoms with Crippen molar-refractivity contribution in [3.05, 3.63) is 17.5 Å². The highest BCUT2D eigenvalue weighted by Gasteiger charge is 2.29. The first-order chi connectivity index (χ1) is 11.8. The number of aromatic nitrogens is 4. The Labute approximate surface area is 151 Å². The van der Waals surface area contributed by atoms with Crippen LogP contribution in [0.4, 0.5) is 10.5 Å². The lowest BCUT2D eigenvalue weighted by Crippen LogP contribution is -2.41. The van der Waals surface area contributed by atoms with Crippen molar-refractivity contribution in [3.8, 4) is 0 Å². The molecule has 8 nitrogen and oxygen atoms in total. The Morgan fingerprint density at radius 3 is 2.84 bits per heavy atom. The minimum Gasteiger partial charge on any atom is -0.443 e. The first kappa shape index (κ1) is 17.9. The number of hydrogen-bond acceptors (Lipinski definition) is 6. The smallest absolute Gasteiger partial charge is 0.414 e. The molecule has 2 aromatic rings. The molecule has 1 fully saturated rings. The van der Waals surface area contributed by atoms with Gasteiger partial charge in [-0.3, -0.25) is 4.90 Å². The molecule has 1 saturated heterocycles. The van der Waals surface area contributed by atoms with Gasteiger partial charge in [0.2, 0.25) is 5.65 Å². The number of amides is 1. The van der Waals surface area contributed by atoms with E-state index in [1.54, 1.807) is 11.0 Å². The number of fused-ring (bicyclic) bond motifs is 1. The molecule has 0 unspecified atom stereocenters. The van der Waals surface area contributed by atoms with E-state index < -0.39 is 11.7 Å². The van der Waals surface area contributed by atoms with Gasteiger partial charge in [-0.1, -0.05) is 11.6 Å². The number of hydrogen-bond donors (Lipinski definition) is 0. The normalized spacial score (nSPS) is 16.2. The summed E-state index contributed by atoms with van der Waals surface area (Å²) in [6, 6.07) is 1.62. The van der Waals surface area contributed by atoms with E-state index in [0.717, 1.165) is 12.8 Å². The molecule has 9 heteroatoms. The average molecular weight is 368 g/mol. The van der Waals surface area contributed by atoms with Gasteiger partial charge in [0.25, 0.3) is 0 Å². The van der Waals surface area contributed by atoms with Crippen LogP contribution in [0.3, 0.4) is 0 Å². The second-order valence-electron chi connectivity index (χ2n) is 7.10. The van der Waals surface area contributed by atoms with Gasteiger partial charge in [-0.25, -0.2) is 4.79 Å². The van der Waals surface area contributed by atoms with E-state index in [0.29, 0.717) is 37.0 Å². The third-order valence-corrected chi connectivity index (χ3v) is 4.09. The summed E-state index contributed by atoms with van der Waals surface area (Å²) >= 11 is 6.12. The highest BCUT2D eigenvalue weighted by molar-refractivity contribution is 6.29. The van der Waals surface area contributed by atoms with E-state index >= 15 is 0 Å². The molecule has 0 spiro atoms.